The van der Waals surface area contributed by atoms with E-state index in [1.165, 1.54) is 4.31 Å². The van der Waals surface area contributed by atoms with Crippen LogP contribution in [0.4, 0.5) is 11.5 Å². The van der Waals surface area contributed by atoms with Gasteiger partial charge in [0.05, 0.1) is 40.9 Å². The molecule has 0 bridgehead atoms. The van der Waals surface area contributed by atoms with Gasteiger partial charge in [0.15, 0.2) is 5.65 Å². The second-order valence-corrected chi connectivity index (χ2v) is 13.3. The van der Waals surface area contributed by atoms with Crippen molar-refractivity contribution in [2.24, 2.45) is 0 Å². The summed E-state index contributed by atoms with van der Waals surface area (Å²) >= 11 is 0. The number of carbonyl (C=O) groups is 1. The number of aliphatic hydroxyl groups excluding tert-OH is 1. The minimum Gasteiger partial charge on any atom is -0.390 e. The molecule has 0 saturated carbocycles. The average Bonchev–Trinajstić information content (AvgIpc) is 3.63. The third-order valence-electron chi connectivity index (χ3n) is 8.44. The summed E-state index contributed by atoms with van der Waals surface area (Å²) in [7, 11) is -1.58. The van der Waals surface area contributed by atoms with E-state index in [9.17, 15) is 18.3 Å². The highest BCUT2D eigenvalue weighted by atomic mass is 32.2. The first-order valence-electron chi connectivity index (χ1n) is 14.1. The van der Waals surface area contributed by atoms with Crippen molar-refractivity contribution in [1.82, 2.24) is 24.8 Å². The summed E-state index contributed by atoms with van der Waals surface area (Å²) in [4.78, 5) is 23.0. The number of aliphatic hydroxyl groups is 1. The Bertz CT molecular complexity index is 1560. The molecule has 1 aromatic carbocycles. The molecular formula is C28H37N7O4S. The predicted molar refractivity (Wildman–Crippen MR) is 153 cm³/mol. The fourth-order valence-electron chi connectivity index (χ4n) is 6.33. The van der Waals surface area contributed by atoms with Gasteiger partial charge >= 0.3 is 0 Å². The van der Waals surface area contributed by atoms with Gasteiger partial charge in [-0.25, -0.2) is 17.9 Å². The van der Waals surface area contributed by atoms with Gasteiger partial charge in [-0.2, -0.15) is 5.10 Å². The maximum absolute atomic E-state index is 14.1. The maximum Gasteiger partial charge on any atom is 0.256 e. The highest BCUT2D eigenvalue weighted by Crippen LogP contribution is 2.36. The van der Waals surface area contributed by atoms with Crippen molar-refractivity contribution in [3.63, 3.8) is 0 Å². The first-order chi connectivity index (χ1) is 19.2. The molecule has 3 aliphatic heterocycles. The number of aryl methyl sites for hydroxylation is 2. The molecule has 11 nitrogen and oxygen atoms in total. The molecule has 3 fully saturated rings. The van der Waals surface area contributed by atoms with Gasteiger partial charge in [-0.15, -0.1) is 0 Å². The molecule has 3 aromatic rings. The molecule has 2 aromatic heterocycles. The Labute approximate surface area is 234 Å². The Kier molecular flexibility index (Phi) is 6.96. The van der Waals surface area contributed by atoms with Crippen molar-refractivity contribution in [2.75, 3.05) is 48.2 Å². The van der Waals surface area contributed by atoms with E-state index in [0.717, 1.165) is 41.9 Å². The first-order valence-corrected chi connectivity index (χ1v) is 15.7. The minimum absolute atomic E-state index is 0.0123. The number of hydrogen-bond acceptors (Lipinski definition) is 8. The predicted octanol–water partition coefficient (Wildman–Crippen LogP) is 2.02. The number of rotatable bonds is 5. The Balaban J connectivity index is 1.33. The fraction of sp³-hybridized carbons (Fsp3) is 0.536. The van der Waals surface area contributed by atoms with Crippen LogP contribution in [0.15, 0.2) is 30.5 Å². The van der Waals surface area contributed by atoms with Gasteiger partial charge in [0.1, 0.15) is 5.82 Å². The van der Waals surface area contributed by atoms with Gasteiger partial charge in [-0.3, -0.25) is 9.10 Å². The molecule has 3 saturated heterocycles. The lowest BCUT2D eigenvalue weighted by atomic mass is 9.97. The van der Waals surface area contributed by atoms with Crippen LogP contribution in [0.1, 0.15) is 58.9 Å². The number of nitrogens with zero attached hydrogens (tertiary/aromatic N) is 6. The number of benzene rings is 1. The van der Waals surface area contributed by atoms with Gasteiger partial charge in [-0.1, -0.05) is 11.6 Å². The number of β-amino-alcohol motifs (C(OH)–C–C–N with tert-alkyl or cyclic N) is 1. The molecule has 3 aliphatic rings. The van der Waals surface area contributed by atoms with Crippen LogP contribution < -0.4 is 14.5 Å². The molecule has 40 heavy (non-hydrogen) atoms. The quantitative estimate of drug-likeness (QED) is 0.480. The van der Waals surface area contributed by atoms with Gasteiger partial charge in [0, 0.05) is 44.0 Å². The monoisotopic (exact) mass is 567 g/mol. The summed E-state index contributed by atoms with van der Waals surface area (Å²) in [5.74, 6) is 0.753. The van der Waals surface area contributed by atoms with Gasteiger partial charge in [-0.05, 0) is 58.7 Å². The molecule has 0 spiro atoms. The maximum atomic E-state index is 14.1. The molecule has 12 heteroatoms. The summed E-state index contributed by atoms with van der Waals surface area (Å²) in [5.41, 5.74) is 4.21. The van der Waals surface area contributed by atoms with Crippen LogP contribution in [0, 0.1) is 13.8 Å². The number of hydrogen-bond donors (Lipinski definition) is 2. The van der Waals surface area contributed by atoms with Gasteiger partial charge in [0.25, 0.3) is 5.91 Å². The summed E-state index contributed by atoms with van der Waals surface area (Å²) in [6, 6.07) is 7.13. The largest absolute Gasteiger partial charge is 0.390 e. The van der Waals surface area contributed by atoms with E-state index in [4.69, 9.17) is 10.1 Å². The van der Waals surface area contributed by atoms with Crippen LogP contribution in [0.25, 0.3) is 5.65 Å². The molecule has 214 valence electrons. The number of amides is 1. The number of carbonyl (C=O) groups excluding carboxylic acids is 1. The van der Waals surface area contributed by atoms with Crippen LogP contribution in [-0.2, 0) is 10.0 Å². The first kappa shape index (κ1) is 27.0. The molecule has 6 rings (SSSR count). The summed E-state index contributed by atoms with van der Waals surface area (Å²) in [6.45, 7) is 6.04. The zero-order chi connectivity index (χ0) is 28.2. The van der Waals surface area contributed by atoms with Crippen LogP contribution in [-0.4, -0.2) is 90.1 Å². The highest BCUT2D eigenvalue weighted by Gasteiger charge is 2.36. The minimum atomic E-state index is -3.43. The van der Waals surface area contributed by atoms with E-state index in [0.29, 0.717) is 49.5 Å². The molecule has 2 N–H and O–H groups in total. The number of aromatic nitrogens is 3. The molecule has 3 atom stereocenters. The van der Waals surface area contributed by atoms with Crippen molar-refractivity contribution in [2.45, 2.75) is 57.7 Å². The summed E-state index contributed by atoms with van der Waals surface area (Å²) in [5, 5.41) is 18.4. The van der Waals surface area contributed by atoms with E-state index in [-0.39, 0.29) is 23.7 Å². The zero-order valence-electron chi connectivity index (χ0n) is 23.2. The molecule has 5 heterocycles. The molecule has 0 aliphatic carbocycles. The fourth-order valence-corrected chi connectivity index (χ4v) is 7.91. The van der Waals surface area contributed by atoms with E-state index >= 15 is 0 Å². The Morgan fingerprint density at radius 3 is 2.65 bits per heavy atom. The van der Waals surface area contributed by atoms with Crippen LogP contribution in [0.5, 0.6) is 0 Å². The van der Waals surface area contributed by atoms with E-state index in [1.807, 2.05) is 44.1 Å². The number of likely N-dealkylation sites (tertiary alicyclic amines) is 1. The van der Waals surface area contributed by atoms with Crippen molar-refractivity contribution < 1.29 is 18.3 Å². The number of piperidine rings is 1. The zero-order valence-corrected chi connectivity index (χ0v) is 24.1. The second kappa shape index (κ2) is 10.3. The molecule has 1 amide bonds. The molecule has 0 radical (unpaired) electrons. The SMILES string of the molecule is CN[C@@H]1CN(c2nc3cc([C@@H]4CCCCN4C(=O)c4cc(C)ccc4N4CCCS4(=O)=O)nn3cc2C)C[C@@H]1O. The normalized spacial score (nSPS) is 24.8. The van der Waals surface area contributed by atoms with E-state index < -0.39 is 16.1 Å². The van der Waals surface area contributed by atoms with Gasteiger partial charge in [0.2, 0.25) is 10.0 Å². The Morgan fingerprint density at radius 1 is 1.10 bits per heavy atom. The number of likely N-dealkylation sites (N-methyl/N-ethyl adjacent to an activating group) is 1. The van der Waals surface area contributed by atoms with E-state index in [1.54, 1.807) is 16.6 Å². The van der Waals surface area contributed by atoms with E-state index in [2.05, 4.69) is 10.2 Å². The number of anilines is 2. The topological polar surface area (TPSA) is 123 Å². The lowest BCUT2D eigenvalue weighted by Crippen LogP contribution is -2.39. The summed E-state index contributed by atoms with van der Waals surface area (Å²) < 4.78 is 28.7. The smallest absolute Gasteiger partial charge is 0.256 e. The van der Waals surface area contributed by atoms with Crippen molar-refractivity contribution >= 4 is 33.1 Å². The number of fused-ring (bicyclic) bond motifs is 1. The summed E-state index contributed by atoms with van der Waals surface area (Å²) in [6.07, 6.45) is 4.66. The highest BCUT2D eigenvalue weighted by molar-refractivity contribution is 7.93. The standard InChI is InChI=1S/C28H37N7O4S/c1-18-8-9-23(35-11-6-12-40(35,38)39)20(13-18)28(37)33-10-5-4-7-24(33)21-14-26-30-27(19(2)15-34(26)31-21)32-16-22(29-3)25(36)17-32/h8-9,13-15,22,24-25,29,36H,4-7,10-12,16-17H2,1-3H3/t22-,24+,25+/m1/s1. The molecular weight excluding hydrogens is 530 g/mol. The third-order valence-corrected chi connectivity index (χ3v) is 10.3. The average molecular weight is 568 g/mol. The lowest BCUT2D eigenvalue weighted by molar-refractivity contribution is 0.0606. The third kappa shape index (κ3) is 4.71. The number of sulfonamides is 1. The van der Waals surface area contributed by atoms with Crippen molar-refractivity contribution in [3.05, 3.63) is 52.8 Å². The van der Waals surface area contributed by atoms with Crippen molar-refractivity contribution in [1.29, 1.82) is 0 Å². The Hall–Kier alpha value is -3.22. The van der Waals surface area contributed by atoms with Crippen LogP contribution in [0.3, 0.4) is 0 Å². The Morgan fingerprint density at radius 2 is 1.93 bits per heavy atom. The lowest BCUT2D eigenvalue weighted by Gasteiger charge is -2.35. The second-order valence-electron chi connectivity index (χ2n) is 11.3. The van der Waals surface area contributed by atoms with Crippen molar-refractivity contribution in [3.8, 4) is 0 Å². The molecule has 0 unspecified atom stereocenters. The van der Waals surface area contributed by atoms with Gasteiger partial charge < -0.3 is 20.2 Å². The van der Waals surface area contributed by atoms with Crippen LogP contribution in [0.2, 0.25) is 0 Å². The number of nitrogens with one attached hydrogen (secondary N) is 1. The van der Waals surface area contributed by atoms with Crippen LogP contribution >= 0.6 is 0 Å².